The van der Waals surface area contributed by atoms with Crippen molar-refractivity contribution in [1.29, 1.82) is 0 Å². The summed E-state index contributed by atoms with van der Waals surface area (Å²) in [5.41, 5.74) is 2.42. The van der Waals surface area contributed by atoms with Crippen LogP contribution in [0.5, 0.6) is 5.75 Å². The van der Waals surface area contributed by atoms with Crippen molar-refractivity contribution >= 4 is 11.6 Å². The molecule has 0 atom stereocenters. The molecule has 1 aliphatic rings. The fraction of sp³-hybridized carbons (Fsp3) is 0.333. The van der Waals surface area contributed by atoms with E-state index in [2.05, 4.69) is 16.8 Å². The molecule has 1 fully saturated rings. The molecule has 3 heterocycles. The average molecular weight is 364 g/mol. The van der Waals surface area contributed by atoms with E-state index in [4.69, 9.17) is 4.74 Å². The molecule has 0 aliphatic carbocycles. The van der Waals surface area contributed by atoms with Crippen molar-refractivity contribution in [3.63, 3.8) is 0 Å². The number of amides is 1. The van der Waals surface area contributed by atoms with Gasteiger partial charge in [0.15, 0.2) is 0 Å². The topological polar surface area (TPSA) is 50.1 Å². The zero-order valence-electron chi connectivity index (χ0n) is 15.5. The van der Waals surface area contributed by atoms with Crippen LogP contribution in [0.3, 0.4) is 0 Å². The third kappa shape index (κ3) is 3.95. The van der Waals surface area contributed by atoms with Crippen molar-refractivity contribution in [3.05, 3.63) is 66.1 Å². The van der Waals surface area contributed by atoms with Gasteiger partial charge in [-0.25, -0.2) is 4.98 Å². The Hall–Kier alpha value is -2.86. The number of fused-ring (bicyclic) bond motifs is 1. The zero-order chi connectivity index (χ0) is 18.6. The van der Waals surface area contributed by atoms with E-state index < -0.39 is 0 Å². The van der Waals surface area contributed by atoms with Crippen molar-refractivity contribution < 1.29 is 9.53 Å². The SMILES string of the molecule is CCN1CCN(C(=O)c2cccc(OCc3cn4ccccc4n3)c2)CC1. The molecule has 0 spiro atoms. The van der Waals surface area contributed by atoms with Gasteiger partial charge >= 0.3 is 0 Å². The minimum atomic E-state index is 0.0731. The smallest absolute Gasteiger partial charge is 0.254 e. The van der Waals surface area contributed by atoms with Gasteiger partial charge in [-0.3, -0.25) is 4.79 Å². The fourth-order valence-electron chi connectivity index (χ4n) is 3.38. The Morgan fingerprint density at radius 2 is 1.96 bits per heavy atom. The molecule has 0 radical (unpaired) electrons. The first-order chi connectivity index (χ1) is 13.2. The van der Waals surface area contributed by atoms with Crippen LogP contribution in [-0.2, 0) is 6.61 Å². The van der Waals surface area contributed by atoms with Gasteiger partial charge in [0.05, 0.1) is 5.69 Å². The van der Waals surface area contributed by atoms with Crippen LogP contribution in [0, 0.1) is 0 Å². The van der Waals surface area contributed by atoms with E-state index in [0.717, 1.165) is 44.1 Å². The normalized spacial score (nSPS) is 15.2. The van der Waals surface area contributed by atoms with Gasteiger partial charge in [0, 0.05) is 44.1 Å². The molecule has 0 unspecified atom stereocenters. The zero-order valence-corrected chi connectivity index (χ0v) is 15.5. The van der Waals surface area contributed by atoms with E-state index in [-0.39, 0.29) is 5.91 Å². The molecule has 0 saturated carbocycles. The van der Waals surface area contributed by atoms with Crippen LogP contribution in [0.2, 0.25) is 0 Å². The third-order valence-corrected chi connectivity index (χ3v) is 4.99. The monoisotopic (exact) mass is 364 g/mol. The van der Waals surface area contributed by atoms with Crippen molar-refractivity contribution in [3.8, 4) is 5.75 Å². The number of benzene rings is 1. The quantitative estimate of drug-likeness (QED) is 0.698. The lowest BCUT2D eigenvalue weighted by Crippen LogP contribution is -2.48. The van der Waals surface area contributed by atoms with Crippen molar-refractivity contribution in [2.45, 2.75) is 13.5 Å². The Morgan fingerprint density at radius 1 is 1.11 bits per heavy atom. The van der Waals surface area contributed by atoms with Crippen LogP contribution < -0.4 is 4.74 Å². The van der Waals surface area contributed by atoms with Gasteiger partial charge in [0.25, 0.3) is 5.91 Å². The highest BCUT2D eigenvalue weighted by molar-refractivity contribution is 5.94. The molecule has 1 amide bonds. The van der Waals surface area contributed by atoms with Crippen molar-refractivity contribution in [1.82, 2.24) is 19.2 Å². The van der Waals surface area contributed by atoms with E-state index in [1.807, 2.05) is 64.2 Å². The van der Waals surface area contributed by atoms with Crippen LogP contribution in [0.4, 0.5) is 0 Å². The highest BCUT2D eigenvalue weighted by Gasteiger charge is 2.21. The lowest BCUT2D eigenvalue weighted by atomic mass is 10.1. The summed E-state index contributed by atoms with van der Waals surface area (Å²) in [4.78, 5) is 21.6. The number of carbonyl (C=O) groups is 1. The summed E-state index contributed by atoms with van der Waals surface area (Å²) in [7, 11) is 0. The largest absolute Gasteiger partial charge is 0.487 e. The molecule has 1 aromatic carbocycles. The summed E-state index contributed by atoms with van der Waals surface area (Å²) in [5.74, 6) is 0.758. The standard InChI is InChI=1S/C21H24N4O2/c1-2-23-10-12-24(13-11-23)21(26)17-6-5-7-19(14-17)27-16-18-15-25-9-4-3-8-20(25)22-18/h3-9,14-15H,2,10-13,16H2,1H3. The fourth-order valence-corrected chi connectivity index (χ4v) is 3.38. The number of hydrogen-bond acceptors (Lipinski definition) is 4. The van der Waals surface area contributed by atoms with Gasteiger partial charge in [-0.05, 0) is 36.9 Å². The molecule has 0 N–H and O–H groups in total. The van der Waals surface area contributed by atoms with E-state index in [1.54, 1.807) is 0 Å². The van der Waals surface area contributed by atoms with Gasteiger partial charge in [-0.1, -0.05) is 19.1 Å². The first-order valence-electron chi connectivity index (χ1n) is 9.40. The number of carbonyl (C=O) groups excluding carboxylic acids is 1. The van der Waals surface area contributed by atoms with Gasteiger partial charge < -0.3 is 18.9 Å². The molecular weight excluding hydrogens is 340 g/mol. The second kappa shape index (κ2) is 7.80. The summed E-state index contributed by atoms with van der Waals surface area (Å²) in [6.45, 7) is 6.99. The number of piperazine rings is 1. The number of imidazole rings is 1. The molecular formula is C21H24N4O2. The first-order valence-corrected chi connectivity index (χ1v) is 9.40. The van der Waals surface area contributed by atoms with Crippen LogP contribution in [0.15, 0.2) is 54.9 Å². The number of rotatable bonds is 5. The predicted octanol–water partition coefficient (Wildman–Crippen LogP) is 2.69. The number of aromatic nitrogens is 2. The lowest BCUT2D eigenvalue weighted by Gasteiger charge is -2.34. The summed E-state index contributed by atoms with van der Waals surface area (Å²) in [6.07, 6.45) is 3.92. The predicted molar refractivity (Wildman–Crippen MR) is 104 cm³/mol. The summed E-state index contributed by atoms with van der Waals surface area (Å²) in [6, 6.07) is 13.3. The molecule has 2 aromatic heterocycles. The van der Waals surface area contributed by atoms with Crippen LogP contribution in [0.1, 0.15) is 23.0 Å². The molecule has 1 saturated heterocycles. The Morgan fingerprint density at radius 3 is 2.74 bits per heavy atom. The second-order valence-electron chi connectivity index (χ2n) is 6.74. The maximum Gasteiger partial charge on any atom is 0.254 e. The number of ether oxygens (including phenoxy) is 1. The van der Waals surface area contributed by atoms with Crippen LogP contribution >= 0.6 is 0 Å². The molecule has 6 nitrogen and oxygen atoms in total. The summed E-state index contributed by atoms with van der Waals surface area (Å²) in [5, 5.41) is 0. The molecule has 140 valence electrons. The second-order valence-corrected chi connectivity index (χ2v) is 6.74. The summed E-state index contributed by atoms with van der Waals surface area (Å²) < 4.78 is 7.85. The highest BCUT2D eigenvalue weighted by Crippen LogP contribution is 2.17. The Bertz CT molecular complexity index is 896. The molecule has 3 aromatic rings. The van der Waals surface area contributed by atoms with Crippen molar-refractivity contribution in [2.75, 3.05) is 32.7 Å². The van der Waals surface area contributed by atoms with Gasteiger partial charge in [0.1, 0.15) is 18.0 Å². The molecule has 0 bridgehead atoms. The molecule has 4 rings (SSSR count). The van der Waals surface area contributed by atoms with Gasteiger partial charge in [-0.15, -0.1) is 0 Å². The maximum atomic E-state index is 12.8. The molecule has 6 heteroatoms. The van der Waals surface area contributed by atoms with Crippen molar-refractivity contribution in [2.24, 2.45) is 0 Å². The number of pyridine rings is 1. The minimum Gasteiger partial charge on any atom is -0.487 e. The van der Waals surface area contributed by atoms with E-state index >= 15 is 0 Å². The Kier molecular flexibility index (Phi) is 5.07. The molecule has 27 heavy (non-hydrogen) atoms. The van der Waals surface area contributed by atoms with Gasteiger partial charge in [0.2, 0.25) is 0 Å². The van der Waals surface area contributed by atoms with E-state index in [9.17, 15) is 4.79 Å². The highest BCUT2D eigenvalue weighted by atomic mass is 16.5. The Labute approximate surface area is 159 Å². The van der Waals surface area contributed by atoms with E-state index in [1.165, 1.54) is 0 Å². The minimum absolute atomic E-state index is 0.0731. The summed E-state index contributed by atoms with van der Waals surface area (Å²) >= 11 is 0. The van der Waals surface area contributed by atoms with E-state index in [0.29, 0.717) is 17.9 Å². The first kappa shape index (κ1) is 17.5. The van der Waals surface area contributed by atoms with Crippen LogP contribution in [0.25, 0.3) is 5.65 Å². The number of likely N-dealkylation sites (N-methyl/N-ethyl adjacent to an activating group) is 1. The number of hydrogen-bond donors (Lipinski definition) is 0. The van der Waals surface area contributed by atoms with Gasteiger partial charge in [-0.2, -0.15) is 0 Å². The molecule has 1 aliphatic heterocycles. The average Bonchev–Trinajstić information content (AvgIpc) is 3.15. The third-order valence-electron chi connectivity index (χ3n) is 4.99. The number of nitrogens with zero attached hydrogens (tertiary/aromatic N) is 4. The maximum absolute atomic E-state index is 12.8. The van der Waals surface area contributed by atoms with Crippen LogP contribution in [-0.4, -0.2) is 57.8 Å². The Balaban J connectivity index is 1.40. The lowest BCUT2D eigenvalue weighted by molar-refractivity contribution is 0.0643.